The highest BCUT2D eigenvalue weighted by Gasteiger charge is 2.16. The van der Waals surface area contributed by atoms with Crippen molar-refractivity contribution >= 4 is 32.7 Å². The SMILES string of the molecule is CC(C)N(C)Cc1ccccc1CNC(=O)c1[nH]c2ccccc2c1Br. The molecule has 0 atom stereocenters. The van der Waals surface area contributed by atoms with E-state index in [1.54, 1.807) is 0 Å². The Morgan fingerprint density at radius 3 is 2.46 bits per heavy atom. The van der Waals surface area contributed by atoms with Crippen LogP contribution >= 0.6 is 15.9 Å². The molecule has 0 spiro atoms. The molecule has 0 bridgehead atoms. The third-order valence-corrected chi connectivity index (χ3v) is 5.55. The molecule has 5 heteroatoms. The van der Waals surface area contributed by atoms with Crippen molar-refractivity contribution in [1.29, 1.82) is 0 Å². The number of carbonyl (C=O) groups is 1. The molecular weight excluding hydrogens is 390 g/mol. The van der Waals surface area contributed by atoms with Gasteiger partial charge in [-0.2, -0.15) is 0 Å². The van der Waals surface area contributed by atoms with Gasteiger partial charge < -0.3 is 10.3 Å². The van der Waals surface area contributed by atoms with Crippen molar-refractivity contribution in [3.8, 4) is 0 Å². The fourth-order valence-electron chi connectivity index (χ4n) is 2.86. The second-order valence-corrected chi connectivity index (χ2v) is 7.61. The number of halogens is 1. The number of nitrogens with zero attached hydrogens (tertiary/aromatic N) is 1. The van der Waals surface area contributed by atoms with Crippen LogP contribution in [0, 0.1) is 0 Å². The van der Waals surface area contributed by atoms with Crippen LogP contribution < -0.4 is 5.32 Å². The van der Waals surface area contributed by atoms with E-state index in [4.69, 9.17) is 0 Å². The summed E-state index contributed by atoms with van der Waals surface area (Å²) in [7, 11) is 2.11. The van der Waals surface area contributed by atoms with E-state index in [9.17, 15) is 4.79 Å². The van der Waals surface area contributed by atoms with Gasteiger partial charge in [-0.15, -0.1) is 0 Å². The van der Waals surface area contributed by atoms with Crippen molar-refractivity contribution in [3.63, 3.8) is 0 Å². The molecule has 0 unspecified atom stereocenters. The van der Waals surface area contributed by atoms with Gasteiger partial charge in [-0.05, 0) is 54.0 Å². The first-order valence-electron chi connectivity index (χ1n) is 8.78. The quantitative estimate of drug-likeness (QED) is 0.614. The Morgan fingerprint density at radius 2 is 1.77 bits per heavy atom. The minimum Gasteiger partial charge on any atom is -0.350 e. The summed E-state index contributed by atoms with van der Waals surface area (Å²) in [4.78, 5) is 18.1. The third-order valence-electron chi connectivity index (χ3n) is 4.73. The van der Waals surface area contributed by atoms with Crippen LogP contribution in [-0.4, -0.2) is 28.9 Å². The Morgan fingerprint density at radius 1 is 1.12 bits per heavy atom. The Bertz CT molecular complexity index is 917. The van der Waals surface area contributed by atoms with Gasteiger partial charge in [0.1, 0.15) is 5.69 Å². The molecule has 0 radical (unpaired) electrons. The van der Waals surface area contributed by atoms with Crippen molar-refractivity contribution in [2.24, 2.45) is 0 Å². The molecule has 3 rings (SSSR count). The number of aromatic amines is 1. The fraction of sp³-hybridized carbons (Fsp3) is 0.286. The highest BCUT2D eigenvalue weighted by molar-refractivity contribution is 9.10. The van der Waals surface area contributed by atoms with Crippen LogP contribution in [0.5, 0.6) is 0 Å². The molecule has 0 saturated carbocycles. The molecule has 136 valence electrons. The Labute approximate surface area is 162 Å². The molecule has 0 aliphatic carbocycles. The maximum absolute atomic E-state index is 12.7. The predicted octanol–water partition coefficient (Wildman–Crippen LogP) is 4.70. The van der Waals surface area contributed by atoms with Gasteiger partial charge in [-0.25, -0.2) is 0 Å². The number of aromatic nitrogens is 1. The van der Waals surface area contributed by atoms with E-state index >= 15 is 0 Å². The molecule has 2 N–H and O–H groups in total. The van der Waals surface area contributed by atoms with Gasteiger partial charge in [0.15, 0.2) is 0 Å². The van der Waals surface area contributed by atoms with Crippen LogP contribution in [0.4, 0.5) is 0 Å². The van der Waals surface area contributed by atoms with Gasteiger partial charge in [0.2, 0.25) is 0 Å². The van der Waals surface area contributed by atoms with Crippen LogP contribution in [0.25, 0.3) is 10.9 Å². The lowest BCUT2D eigenvalue weighted by Gasteiger charge is -2.22. The van der Waals surface area contributed by atoms with E-state index in [1.807, 2.05) is 36.4 Å². The minimum atomic E-state index is -0.111. The molecule has 0 aliphatic rings. The van der Waals surface area contributed by atoms with Crippen molar-refractivity contribution in [2.75, 3.05) is 7.05 Å². The van der Waals surface area contributed by atoms with Crippen molar-refractivity contribution in [3.05, 3.63) is 69.8 Å². The molecule has 1 heterocycles. The molecule has 1 aromatic heterocycles. The van der Waals surface area contributed by atoms with Crippen LogP contribution in [-0.2, 0) is 13.1 Å². The number of hydrogen-bond donors (Lipinski definition) is 2. The van der Waals surface area contributed by atoms with Crippen molar-refractivity contribution < 1.29 is 4.79 Å². The van der Waals surface area contributed by atoms with Gasteiger partial charge in [-0.3, -0.25) is 9.69 Å². The number of para-hydroxylation sites is 1. The van der Waals surface area contributed by atoms with Crippen LogP contribution in [0.2, 0.25) is 0 Å². The summed E-state index contributed by atoms with van der Waals surface area (Å²) in [6, 6.07) is 16.6. The average Bonchev–Trinajstić information content (AvgIpc) is 2.98. The highest BCUT2D eigenvalue weighted by Crippen LogP contribution is 2.27. The number of hydrogen-bond acceptors (Lipinski definition) is 2. The summed E-state index contributed by atoms with van der Waals surface area (Å²) < 4.78 is 0.804. The summed E-state index contributed by atoms with van der Waals surface area (Å²) in [6.07, 6.45) is 0. The molecular formula is C21H24BrN3O. The molecule has 0 saturated heterocycles. The first kappa shape index (κ1) is 18.7. The Hall–Kier alpha value is -2.11. The lowest BCUT2D eigenvalue weighted by molar-refractivity contribution is 0.0946. The smallest absolute Gasteiger partial charge is 0.269 e. The maximum Gasteiger partial charge on any atom is 0.269 e. The van der Waals surface area contributed by atoms with E-state index in [0.717, 1.165) is 27.5 Å². The number of carbonyl (C=O) groups excluding carboxylic acids is 1. The topological polar surface area (TPSA) is 48.1 Å². The van der Waals surface area contributed by atoms with Crippen LogP contribution in [0.15, 0.2) is 53.0 Å². The van der Waals surface area contributed by atoms with Gasteiger partial charge in [-0.1, -0.05) is 42.5 Å². The van der Waals surface area contributed by atoms with Gasteiger partial charge in [0.05, 0.1) is 4.47 Å². The summed E-state index contributed by atoms with van der Waals surface area (Å²) in [6.45, 7) is 5.72. The maximum atomic E-state index is 12.7. The lowest BCUT2D eigenvalue weighted by atomic mass is 10.1. The van der Waals surface area contributed by atoms with E-state index < -0.39 is 0 Å². The summed E-state index contributed by atoms with van der Waals surface area (Å²) in [5.74, 6) is -0.111. The number of fused-ring (bicyclic) bond motifs is 1. The van der Waals surface area contributed by atoms with Crippen LogP contribution in [0.1, 0.15) is 35.5 Å². The number of benzene rings is 2. The predicted molar refractivity (Wildman–Crippen MR) is 110 cm³/mol. The zero-order valence-corrected chi connectivity index (χ0v) is 16.9. The average molecular weight is 414 g/mol. The number of amides is 1. The number of nitrogens with one attached hydrogen (secondary N) is 2. The lowest BCUT2D eigenvalue weighted by Crippen LogP contribution is -2.28. The fourth-order valence-corrected chi connectivity index (χ4v) is 3.49. The van der Waals surface area contributed by atoms with E-state index in [1.165, 1.54) is 5.56 Å². The summed E-state index contributed by atoms with van der Waals surface area (Å²) in [5.41, 5.74) is 3.88. The molecule has 26 heavy (non-hydrogen) atoms. The monoisotopic (exact) mass is 413 g/mol. The third kappa shape index (κ3) is 4.00. The normalized spacial score (nSPS) is 11.5. The van der Waals surface area contributed by atoms with E-state index in [-0.39, 0.29) is 5.91 Å². The first-order valence-corrected chi connectivity index (χ1v) is 9.58. The number of rotatable bonds is 6. The first-order chi connectivity index (χ1) is 12.5. The van der Waals surface area contributed by atoms with Gasteiger partial charge >= 0.3 is 0 Å². The Kier molecular flexibility index (Phi) is 5.79. The van der Waals surface area contributed by atoms with Crippen molar-refractivity contribution in [1.82, 2.24) is 15.2 Å². The van der Waals surface area contributed by atoms with E-state index in [2.05, 4.69) is 64.2 Å². The van der Waals surface area contributed by atoms with Crippen LogP contribution in [0.3, 0.4) is 0 Å². The Balaban J connectivity index is 1.74. The summed E-state index contributed by atoms with van der Waals surface area (Å²) in [5, 5.41) is 4.05. The zero-order valence-electron chi connectivity index (χ0n) is 15.3. The van der Waals surface area contributed by atoms with Gasteiger partial charge in [0.25, 0.3) is 5.91 Å². The van der Waals surface area contributed by atoms with Crippen molar-refractivity contribution in [2.45, 2.75) is 33.0 Å². The minimum absolute atomic E-state index is 0.111. The highest BCUT2D eigenvalue weighted by atomic mass is 79.9. The molecule has 0 aliphatic heterocycles. The van der Waals surface area contributed by atoms with Gasteiger partial charge in [0, 0.05) is 30.0 Å². The van der Waals surface area contributed by atoms with E-state index in [0.29, 0.717) is 18.3 Å². The standard InChI is InChI=1S/C21H24BrN3O/c1-14(2)25(3)13-16-9-5-4-8-15(16)12-23-21(26)20-19(22)17-10-6-7-11-18(17)24-20/h4-11,14,24H,12-13H2,1-3H3,(H,23,26). The molecule has 1 amide bonds. The second kappa shape index (κ2) is 8.06. The molecule has 4 nitrogen and oxygen atoms in total. The summed E-state index contributed by atoms with van der Waals surface area (Å²) >= 11 is 3.54. The molecule has 3 aromatic rings. The number of H-pyrrole nitrogens is 1. The second-order valence-electron chi connectivity index (χ2n) is 6.82. The molecule has 2 aromatic carbocycles. The molecule has 0 fully saturated rings. The zero-order chi connectivity index (χ0) is 18.7. The largest absolute Gasteiger partial charge is 0.350 e.